The maximum atomic E-state index is 12.8. The van der Waals surface area contributed by atoms with Gasteiger partial charge in [-0.25, -0.2) is 0 Å². The molecule has 5 nitrogen and oxygen atoms in total. The van der Waals surface area contributed by atoms with Gasteiger partial charge in [0.25, 0.3) is 5.91 Å². The van der Waals surface area contributed by atoms with E-state index < -0.39 is 0 Å². The van der Waals surface area contributed by atoms with E-state index in [4.69, 9.17) is 4.74 Å². The lowest BCUT2D eigenvalue weighted by Gasteiger charge is -2.40. The van der Waals surface area contributed by atoms with Crippen LogP contribution in [0.1, 0.15) is 27.7 Å². The van der Waals surface area contributed by atoms with Crippen molar-refractivity contribution in [3.8, 4) is 0 Å². The number of carbonyl (C=O) groups excluding carboxylic acids is 1. The summed E-state index contributed by atoms with van der Waals surface area (Å²) < 4.78 is 6.05. The highest BCUT2D eigenvalue weighted by Crippen LogP contribution is 2.29. The number of nitrogens with zero attached hydrogens (tertiary/aromatic N) is 3. The highest BCUT2D eigenvalue weighted by atomic mass is 16.5. The molecule has 1 saturated heterocycles. The van der Waals surface area contributed by atoms with Crippen LogP contribution in [0.5, 0.6) is 0 Å². The number of aromatic nitrogens is 1. The SMILES string of the molecule is Cc1ncccc1C(=O)N(C)C[C@@H]1OCCN(C)[C@H]1c1ccccc1. The molecular weight excluding hydrogens is 314 g/mol. The minimum atomic E-state index is -0.0629. The van der Waals surface area contributed by atoms with E-state index in [1.54, 1.807) is 17.2 Å². The number of benzene rings is 1. The molecule has 1 fully saturated rings. The van der Waals surface area contributed by atoms with Crippen molar-refractivity contribution < 1.29 is 9.53 Å². The Bertz CT molecular complexity index is 720. The molecule has 1 amide bonds. The van der Waals surface area contributed by atoms with Gasteiger partial charge in [0.1, 0.15) is 0 Å². The topological polar surface area (TPSA) is 45.7 Å². The Morgan fingerprint density at radius 1 is 1.28 bits per heavy atom. The first-order valence-electron chi connectivity index (χ1n) is 8.62. The monoisotopic (exact) mass is 339 g/mol. The van der Waals surface area contributed by atoms with Crippen molar-refractivity contribution in [2.75, 3.05) is 33.8 Å². The molecule has 2 heterocycles. The van der Waals surface area contributed by atoms with Crippen LogP contribution in [-0.4, -0.2) is 60.6 Å². The van der Waals surface area contributed by atoms with Gasteiger partial charge >= 0.3 is 0 Å². The Morgan fingerprint density at radius 2 is 2.04 bits per heavy atom. The molecule has 0 aliphatic carbocycles. The average molecular weight is 339 g/mol. The van der Waals surface area contributed by atoms with Crippen molar-refractivity contribution in [3.63, 3.8) is 0 Å². The van der Waals surface area contributed by atoms with Gasteiger partial charge in [-0.3, -0.25) is 14.7 Å². The summed E-state index contributed by atoms with van der Waals surface area (Å²) >= 11 is 0. The number of hydrogen-bond donors (Lipinski definition) is 0. The summed E-state index contributed by atoms with van der Waals surface area (Å²) in [7, 11) is 3.94. The standard InChI is InChI=1S/C20H25N3O2/c1-15-17(10-7-11-21-15)20(24)23(3)14-18-19(22(2)12-13-25-18)16-8-5-4-6-9-16/h4-11,18-19H,12-14H2,1-3H3/t18-,19-/m0/s1. The average Bonchev–Trinajstić information content (AvgIpc) is 2.62. The molecule has 1 aliphatic rings. The van der Waals surface area contributed by atoms with Gasteiger partial charge in [0, 0.05) is 32.0 Å². The summed E-state index contributed by atoms with van der Waals surface area (Å²) in [5.74, 6) is -0.0192. The van der Waals surface area contributed by atoms with Gasteiger partial charge in [0.2, 0.25) is 0 Å². The summed E-state index contributed by atoms with van der Waals surface area (Å²) in [4.78, 5) is 21.0. The van der Waals surface area contributed by atoms with E-state index in [-0.39, 0.29) is 18.1 Å². The molecule has 2 aromatic rings. The second kappa shape index (κ2) is 7.76. The van der Waals surface area contributed by atoms with E-state index in [1.807, 2.05) is 38.2 Å². The predicted molar refractivity (Wildman–Crippen MR) is 97.5 cm³/mol. The molecule has 0 radical (unpaired) electrons. The fourth-order valence-corrected chi connectivity index (χ4v) is 3.40. The normalized spacial score (nSPS) is 21.1. The van der Waals surface area contributed by atoms with Crippen molar-refractivity contribution in [3.05, 3.63) is 65.5 Å². The van der Waals surface area contributed by atoms with Crippen molar-refractivity contribution in [1.29, 1.82) is 0 Å². The van der Waals surface area contributed by atoms with Crippen LogP contribution in [0.2, 0.25) is 0 Å². The van der Waals surface area contributed by atoms with Gasteiger partial charge in [-0.05, 0) is 31.7 Å². The highest BCUT2D eigenvalue weighted by molar-refractivity contribution is 5.95. The summed E-state index contributed by atoms with van der Waals surface area (Å²) in [6.07, 6.45) is 1.64. The number of aryl methyl sites for hydroxylation is 1. The van der Waals surface area contributed by atoms with Crippen LogP contribution in [0.25, 0.3) is 0 Å². The third kappa shape index (κ3) is 3.89. The summed E-state index contributed by atoms with van der Waals surface area (Å²) in [6.45, 7) is 3.96. The second-order valence-electron chi connectivity index (χ2n) is 6.57. The van der Waals surface area contributed by atoms with Crippen LogP contribution in [0.15, 0.2) is 48.7 Å². The van der Waals surface area contributed by atoms with Gasteiger partial charge < -0.3 is 9.64 Å². The number of ether oxygens (including phenoxy) is 1. The van der Waals surface area contributed by atoms with Gasteiger partial charge in [-0.2, -0.15) is 0 Å². The molecule has 0 spiro atoms. The molecule has 5 heteroatoms. The molecule has 1 aromatic carbocycles. The molecule has 25 heavy (non-hydrogen) atoms. The van der Waals surface area contributed by atoms with Gasteiger partial charge in [0.15, 0.2) is 0 Å². The Morgan fingerprint density at radius 3 is 2.76 bits per heavy atom. The van der Waals surface area contributed by atoms with Crippen LogP contribution in [0.3, 0.4) is 0 Å². The number of pyridine rings is 1. The smallest absolute Gasteiger partial charge is 0.255 e. The first-order chi connectivity index (χ1) is 12.1. The quantitative estimate of drug-likeness (QED) is 0.859. The summed E-state index contributed by atoms with van der Waals surface area (Å²) in [6, 6.07) is 14.1. The van der Waals surface area contributed by atoms with Crippen LogP contribution in [-0.2, 0) is 4.74 Å². The van der Waals surface area contributed by atoms with Crippen molar-refractivity contribution in [2.24, 2.45) is 0 Å². The number of carbonyl (C=O) groups is 1. The van der Waals surface area contributed by atoms with E-state index >= 15 is 0 Å². The molecule has 2 atom stereocenters. The molecule has 0 unspecified atom stereocenters. The number of amides is 1. The van der Waals surface area contributed by atoms with E-state index in [1.165, 1.54) is 5.56 Å². The Hall–Kier alpha value is -2.24. The lowest BCUT2D eigenvalue weighted by molar-refractivity contribution is -0.0708. The third-order valence-corrected chi connectivity index (χ3v) is 4.78. The fourth-order valence-electron chi connectivity index (χ4n) is 3.40. The van der Waals surface area contributed by atoms with E-state index in [0.29, 0.717) is 18.7 Å². The number of morpholine rings is 1. The molecule has 0 bridgehead atoms. The zero-order valence-electron chi connectivity index (χ0n) is 15.1. The predicted octanol–water partition coefficient (Wildman–Crippen LogP) is 2.53. The highest BCUT2D eigenvalue weighted by Gasteiger charge is 2.33. The first-order valence-corrected chi connectivity index (χ1v) is 8.62. The minimum absolute atomic E-state index is 0.0192. The molecule has 3 rings (SSSR count). The third-order valence-electron chi connectivity index (χ3n) is 4.78. The minimum Gasteiger partial charge on any atom is -0.373 e. The number of hydrogen-bond acceptors (Lipinski definition) is 4. The van der Waals surface area contributed by atoms with E-state index in [2.05, 4.69) is 29.1 Å². The van der Waals surface area contributed by atoms with Gasteiger partial charge in [0.05, 0.1) is 24.3 Å². The lowest BCUT2D eigenvalue weighted by Crippen LogP contribution is -2.48. The summed E-state index contributed by atoms with van der Waals surface area (Å²) in [5.41, 5.74) is 2.61. The second-order valence-corrected chi connectivity index (χ2v) is 6.57. The Kier molecular flexibility index (Phi) is 5.46. The first kappa shape index (κ1) is 17.6. The molecule has 1 aliphatic heterocycles. The molecular formula is C20H25N3O2. The van der Waals surface area contributed by atoms with Gasteiger partial charge in [-0.15, -0.1) is 0 Å². The van der Waals surface area contributed by atoms with Crippen molar-refractivity contribution >= 4 is 5.91 Å². The number of rotatable bonds is 4. The largest absolute Gasteiger partial charge is 0.373 e. The zero-order valence-corrected chi connectivity index (χ0v) is 15.1. The van der Waals surface area contributed by atoms with Crippen LogP contribution < -0.4 is 0 Å². The maximum Gasteiger partial charge on any atom is 0.255 e. The van der Waals surface area contributed by atoms with E-state index in [9.17, 15) is 4.79 Å². The maximum absolute atomic E-state index is 12.8. The summed E-state index contributed by atoms with van der Waals surface area (Å²) in [5, 5.41) is 0. The van der Waals surface area contributed by atoms with Gasteiger partial charge in [-0.1, -0.05) is 30.3 Å². The molecule has 0 saturated carbocycles. The Labute approximate surface area is 149 Å². The molecule has 132 valence electrons. The molecule has 0 N–H and O–H groups in total. The molecule has 1 aromatic heterocycles. The zero-order chi connectivity index (χ0) is 17.8. The number of likely N-dealkylation sites (N-methyl/N-ethyl adjacent to an activating group) is 2. The van der Waals surface area contributed by atoms with Crippen molar-refractivity contribution in [2.45, 2.75) is 19.1 Å². The fraction of sp³-hybridized carbons (Fsp3) is 0.400. The lowest BCUT2D eigenvalue weighted by atomic mass is 9.98. The van der Waals surface area contributed by atoms with E-state index in [0.717, 1.165) is 12.2 Å². The van der Waals surface area contributed by atoms with Crippen LogP contribution in [0, 0.1) is 6.92 Å². The van der Waals surface area contributed by atoms with Crippen LogP contribution >= 0.6 is 0 Å². The Balaban J connectivity index is 1.77. The van der Waals surface area contributed by atoms with Crippen molar-refractivity contribution in [1.82, 2.24) is 14.8 Å². The van der Waals surface area contributed by atoms with Crippen LogP contribution in [0.4, 0.5) is 0 Å².